The molecule has 2 N–H and O–H groups in total. The Hall–Kier alpha value is -0.930. The lowest BCUT2D eigenvalue weighted by Gasteiger charge is -2.14. The largest absolute Gasteiger partial charge is 0.392 e. The number of nitrogens with one attached hydrogen (secondary N) is 1. The van der Waals surface area contributed by atoms with E-state index in [0.29, 0.717) is 0 Å². The highest BCUT2D eigenvalue weighted by molar-refractivity contribution is 5.30. The molecule has 0 bridgehead atoms. The number of rotatable bonds is 2. The van der Waals surface area contributed by atoms with E-state index in [2.05, 4.69) is 5.32 Å². The molecule has 0 radical (unpaired) electrons. The van der Waals surface area contributed by atoms with Gasteiger partial charge in [-0.25, -0.2) is 4.39 Å². The minimum Gasteiger partial charge on any atom is -0.392 e. The van der Waals surface area contributed by atoms with Crippen molar-refractivity contribution in [2.24, 2.45) is 0 Å². The molecule has 1 aliphatic heterocycles. The summed E-state index contributed by atoms with van der Waals surface area (Å²) in [6, 6.07) is 4.79. The fraction of sp³-hybridized carbons (Fsp3) is 0.455. The van der Waals surface area contributed by atoms with Gasteiger partial charge in [-0.2, -0.15) is 0 Å². The van der Waals surface area contributed by atoms with Crippen LogP contribution < -0.4 is 5.32 Å². The molecule has 1 heterocycles. The highest BCUT2D eigenvalue weighted by Gasteiger charge is 2.19. The second-order valence-electron chi connectivity index (χ2n) is 3.65. The molecule has 0 spiro atoms. The van der Waals surface area contributed by atoms with Gasteiger partial charge < -0.3 is 10.4 Å². The summed E-state index contributed by atoms with van der Waals surface area (Å²) >= 11 is 0. The van der Waals surface area contributed by atoms with Gasteiger partial charge in [0.15, 0.2) is 0 Å². The zero-order valence-corrected chi connectivity index (χ0v) is 7.96. The molecule has 1 aromatic rings. The molecule has 3 heteroatoms. The average Bonchev–Trinajstić information content (AvgIpc) is 2.70. The molecule has 0 aromatic heterocycles. The Morgan fingerprint density at radius 2 is 2.36 bits per heavy atom. The van der Waals surface area contributed by atoms with E-state index in [-0.39, 0.29) is 18.5 Å². The molecule has 76 valence electrons. The third-order valence-electron chi connectivity index (χ3n) is 2.71. The molecule has 1 atom stereocenters. The normalized spacial score (nSPS) is 21.4. The minimum atomic E-state index is -0.231. The molecule has 0 amide bonds. The molecule has 1 saturated heterocycles. The summed E-state index contributed by atoms with van der Waals surface area (Å²) in [6.07, 6.45) is 2.14. The zero-order chi connectivity index (χ0) is 9.97. The van der Waals surface area contributed by atoms with Gasteiger partial charge in [0.05, 0.1) is 6.61 Å². The summed E-state index contributed by atoms with van der Waals surface area (Å²) in [5, 5.41) is 12.4. The van der Waals surface area contributed by atoms with E-state index in [0.717, 1.165) is 30.5 Å². The molecule has 0 saturated carbocycles. The van der Waals surface area contributed by atoms with Crippen molar-refractivity contribution in [1.82, 2.24) is 5.32 Å². The molecular weight excluding hydrogens is 181 g/mol. The number of aliphatic hydroxyl groups is 1. The molecule has 2 rings (SSSR count). The molecule has 1 fully saturated rings. The fourth-order valence-electron chi connectivity index (χ4n) is 1.98. The SMILES string of the molecule is OCc1ccc(F)cc1[C@H]1CCCN1. The second kappa shape index (κ2) is 4.07. The summed E-state index contributed by atoms with van der Waals surface area (Å²) in [4.78, 5) is 0. The second-order valence-corrected chi connectivity index (χ2v) is 3.65. The van der Waals surface area contributed by atoms with Crippen molar-refractivity contribution in [1.29, 1.82) is 0 Å². The van der Waals surface area contributed by atoms with Gasteiger partial charge in [-0.05, 0) is 42.6 Å². The summed E-state index contributed by atoms with van der Waals surface area (Å²) in [5.74, 6) is -0.231. The fourth-order valence-corrected chi connectivity index (χ4v) is 1.98. The number of halogens is 1. The first-order valence-corrected chi connectivity index (χ1v) is 4.94. The van der Waals surface area contributed by atoms with E-state index < -0.39 is 0 Å². The molecule has 1 aliphatic rings. The highest BCUT2D eigenvalue weighted by Crippen LogP contribution is 2.26. The van der Waals surface area contributed by atoms with Crippen LogP contribution in [-0.2, 0) is 6.61 Å². The van der Waals surface area contributed by atoms with Crippen LogP contribution in [0.5, 0.6) is 0 Å². The Bertz CT molecular complexity index is 321. The van der Waals surface area contributed by atoms with E-state index in [9.17, 15) is 4.39 Å². The topological polar surface area (TPSA) is 32.3 Å². The van der Waals surface area contributed by atoms with Crippen molar-refractivity contribution in [2.45, 2.75) is 25.5 Å². The van der Waals surface area contributed by atoms with Crippen LogP contribution in [0.2, 0.25) is 0 Å². The Morgan fingerprint density at radius 1 is 1.50 bits per heavy atom. The maximum Gasteiger partial charge on any atom is 0.123 e. The summed E-state index contributed by atoms with van der Waals surface area (Å²) in [7, 11) is 0. The van der Waals surface area contributed by atoms with Gasteiger partial charge in [-0.15, -0.1) is 0 Å². The average molecular weight is 195 g/mol. The Labute approximate surface area is 82.8 Å². The van der Waals surface area contributed by atoms with Crippen molar-refractivity contribution >= 4 is 0 Å². The molecule has 1 aromatic carbocycles. The zero-order valence-electron chi connectivity index (χ0n) is 7.96. The van der Waals surface area contributed by atoms with Crippen molar-refractivity contribution < 1.29 is 9.50 Å². The van der Waals surface area contributed by atoms with Gasteiger partial charge in [0.25, 0.3) is 0 Å². The predicted octanol–water partition coefficient (Wildman–Crippen LogP) is 1.74. The first kappa shape index (κ1) is 9.62. The van der Waals surface area contributed by atoms with E-state index in [1.807, 2.05) is 0 Å². The van der Waals surface area contributed by atoms with Crippen LogP contribution in [0.25, 0.3) is 0 Å². The lowest BCUT2D eigenvalue weighted by Crippen LogP contribution is -2.15. The monoisotopic (exact) mass is 195 g/mol. The van der Waals surface area contributed by atoms with Crippen LogP contribution in [0.3, 0.4) is 0 Å². The minimum absolute atomic E-state index is 0.0200. The van der Waals surface area contributed by atoms with E-state index in [1.54, 1.807) is 6.07 Å². The molecule has 14 heavy (non-hydrogen) atoms. The quantitative estimate of drug-likeness (QED) is 0.753. The Balaban J connectivity index is 2.33. The third-order valence-corrected chi connectivity index (χ3v) is 2.71. The van der Waals surface area contributed by atoms with Crippen LogP contribution in [0.15, 0.2) is 18.2 Å². The van der Waals surface area contributed by atoms with Gasteiger partial charge in [0.2, 0.25) is 0 Å². The van der Waals surface area contributed by atoms with Crippen molar-refractivity contribution in [3.63, 3.8) is 0 Å². The molecule has 0 aliphatic carbocycles. The van der Waals surface area contributed by atoms with Gasteiger partial charge in [0, 0.05) is 6.04 Å². The Kier molecular flexibility index (Phi) is 2.79. The van der Waals surface area contributed by atoms with Crippen LogP contribution in [-0.4, -0.2) is 11.7 Å². The maximum absolute atomic E-state index is 13.0. The van der Waals surface area contributed by atoms with Gasteiger partial charge in [-0.3, -0.25) is 0 Å². The third kappa shape index (κ3) is 1.79. The molecular formula is C11H14FNO. The van der Waals surface area contributed by atoms with Crippen molar-refractivity contribution in [3.05, 3.63) is 35.1 Å². The highest BCUT2D eigenvalue weighted by atomic mass is 19.1. The molecule has 0 unspecified atom stereocenters. The van der Waals surface area contributed by atoms with E-state index >= 15 is 0 Å². The van der Waals surface area contributed by atoms with Gasteiger partial charge in [0.1, 0.15) is 5.82 Å². The van der Waals surface area contributed by atoms with Crippen molar-refractivity contribution in [3.8, 4) is 0 Å². The van der Waals surface area contributed by atoms with Crippen LogP contribution in [0.1, 0.15) is 30.0 Å². The summed E-state index contributed by atoms with van der Waals surface area (Å²) < 4.78 is 13.0. The lowest BCUT2D eigenvalue weighted by molar-refractivity contribution is 0.279. The van der Waals surface area contributed by atoms with Crippen LogP contribution in [0, 0.1) is 5.82 Å². The standard InChI is InChI=1S/C11H14FNO/c12-9-4-3-8(7-14)10(6-9)11-2-1-5-13-11/h3-4,6,11,13-14H,1-2,5,7H2/t11-/m1/s1. The van der Waals surface area contributed by atoms with E-state index in [1.165, 1.54) is 12.1 Å². The Morgan fingerprint density at radius 3 is 3.00 bits per heavy atom. The smallest absolute Gasteiger partial charge is 0.123 e. The number of aliphatic hydroxyl groups excluding tert-OH is 1. The van der Waals surface area contributed by atoms with Gasteiger partial charge in [-0.1, -0.05) is 6.07 Å². The van der Waals surface area contributed by atoms with Crippen LogP contribution >= 0.6 is 0 Å². The number of benzene rings is 1. The maximum atomic E-state index is 13.0. The first-order chi connectivity index (χ1) is 6.81. The predicted molar refractivity (Wildman–Crippen MR) is 52.3 cm³/mol. The summed E-state index contributed by atoms with van der Waals surface area (Å²) in [6.45, 7) is 0.958. The van der Waals surface area contributed by atoms with E-state index in [4.69, 9.17) is 5.11 Å². The van der Waals surface area contributed by atoms with Crippen molar-refractivity contribution in [2.75, 3.05) is 6.54 Å². The number of hydrogen-bond donors (Lipinski definition) is 2. The number of hydrogen-bond acceptors (Lipinski definition) is 2. The first-order valence-electron chi connectivity index (χ1n) is 4.94. The van der Waals surface area contributed by atoms with Crippen LogP contribution in [0.4, 0.5) is 4.39 Å². The lowest BCUT2D eigenvalue weighted by atomic mass is 9.99. The van der Waals surface area contributed by atoms with Gasteiger partial charge >= 0.3 is 0 Å². The molecule has 2 nitrogen and oxygen atoms in total. The summed E-state index contributed by atoms with van der Waals surface area (Å²) in [5.41, 5.74) is 1.73.